The Morgan fingerprint density at radius 3 is 2.70 bits per heavy atom. The van der Waals surface area contributed by atoms with Crippen molar-refractivity contribution in [2.24, 2.45) is 22.2 Å². The number of fused-ring (bicyclic) bond motifs is 2. The molecule has 2 saturated carbocycles. The summed E-state index contributed by atoms with van der Waals surface area (Å²) in [7, 11) is 3.54. The number of hydrogen-bond donors (Lipinski definition) is 2. The molecule has 0 bridgehead atoms. The van der Waals surface area contributed by atoms with Gasteiger partial charge in [-0.1, -0.05) is 6.42 Å². The van der Waals surface area contributed by atoms with Gasteiger partial charge in [0.25, 0.3) is 0 Å². The molecule has 2 heterocycles. The van der Waals surface area contributed by atoms with Crippen LogP contribution < -0.4 is 10.6 Å². The summed E-state index contributed by atoms with van der Waals surface area (Å²) in [5, 5.41) is 7.15. The van der Waals surface area contributed by atoms with Gasteiger partial charge in [0.05, 0.1) is 12.7 Å². The summed E-state index contributed by atoms with van der Waals surface area (Å²) in [6.07, 6.45) is 6.43. The number of carbonyl (C=O) groups is 1. The molecule has 4 fully saturated rings. The predicted molar refractivity (Wildman–Crippen MR) is 114 cm³/mol. The third-order valence-corrected chi connectivity index (χ3v) is 6.78. The molecule has 1 amide bonds. The summed E-state index contributed by atoms with van der Waals surface area (Å²) in [4.78, 5) is 18.2. The fraction of sp³-hybridized carbons (Fsp3) is 0.895. The lowest BCUT2D eigenvalue weighted by Gasteiger charge is -2.63. The number of amides is 1. The molecule has 1 spiro atoms. The van der Waals surface area contributed by atoms with E-state index in [1.54, 1.807) is 19.0 Å². The van der Waals surface area contributed by atoms with Gasteiger partial charge in [-0.25, -0.2) is 4.99 Å². The first-order valence-corrected chi connectivity index (χ1v) is 10.0. The van der Waals surface area contributed by atoms with Crippen LogP contribution in [0.2, 0.25) is 0 Å². The number of likely N-dealkylation sites (N-methyl/N-ethyl adjacent to an activating group) is 1. The molecule has 0 aromatic heterocycles. The first-order chi connectivity index (χ1) is 12.6. The van der Waals surface area contributed by atoms with Crippen molar-refractivity contribution < 1.29 is 14.3 Å². The van der Waals surface area contributed by atoms with E-state index in [1.807, 2.05) is 0 Å². The first kappa shape index (κ1) is 21.1. The van der Waals surface area contributed by atoms with Gasteiger partial charge in [-0.15, -0.1) is 24.0 Å². The van der Waals surface area contributed by atoms with Crippen LogP contribution in [0.1, 0.15) is 32.1 Å². The molecule has 4 unspecified atom stereocenters. The lowest BCUT2D eigenvalue weighted by Crippen LogP contribution is -2.72. The van der Waals surface area contributed by atoms with Crippen LogP contribution in [-0.4, -0.2) is 75.9 Å². The number of rotatable bonds is 5. The number of nitrogens with one attached hydrogen (secondary N) is 2. The van der Waals surface area contributed by atoms with Gasteiger partial charge in [0, 0.05) is 57.1 Å². The predicted octanol–water partition coefficient (Wildman–Crippen LogP) is 1.22. The molecule has 4 atom stereocenters. The van der Waals surface area contributed by atoms with Crippen LogP contribution in [0.15, 0.2) is 4.99 Å². The average molecular weight is 492 g/mol. The summed E-state index contributed by atoms with van der Waals surface area (Å²) in [5.41, 5.74) is 0.297. The van der Waals surface area contributed by atoms with E-state index in [4.69, 9.17) is 9.47 Å². The third-order valence-electron chi connectivity index (χ3n) is 6.78. The standard InChI is InChI=1S/C19H32N4O3.HI/c1-23(2)15(24)11-21-18(20-10-13-4-8-25-12-13)22-16-14-5-9-26-17(14)19(16)6-3-7-19;/h13-14,16-17H,3-12H2,1-2H3,(H2,20,21,22);1H. The van der Waals surface area contributed by atoms with Crippen molar-refractivity contribution in [3.63, 3.8) is 0 Å². The zero-order valence-corrected chi connectivity index (χ0v) is 18.7. The maximum absolute atomic E-state index is 12.0. The fourth-order valence-electron chi connectivity index (χ4n) is 5.03. The van der Waals surface area contributed by atoms with Crippen LogP contribution in [0.4, 0.5) is 0 Å². The Bertz CT molecular complexity index is 561. The molecular formula is C19H33IN4O3. The van der Waals surface area contributed by atoms with E-state index >= 15 is 0 Å². The van der Waals surface area contributed by atoms with Crippen molar-refractivity contribution in [2.75, 3.05) is 47.0 Å². The molecule has 27 heavy (non-hydrogen) atoms. The van der Waals surface area contributed by atoms with Crippen molar-refractivity contribution >= 4 is 35.8 Å². The molecule has 2 aliphatic heterocycles. The minimum absolute atomic E-state index is 0. The van der Waals surface area contributed by atoms with Crippen LogP contribution in [0.5, 0.6) is 0 Å². The quantitative estimate of drug-likeness (QED) is 0.343. The van der Waals surface area contributed by atoms with Gasteiger partial charge in [-0.05, 0) is 25.7 Å². The summed E-state index contributed by atoms with van der Waals surface area (Å²) in [6.45, 7) is 3.55. The van der Waals surface area contributed by atoms with Crippen molar-refractivity contribution in [3.8, 4) is 0 Å². The Labute approximate surface area is 179 Å². The van der Waals surface area contributed by atoms with Crippen LogP contribution >= 0.6 is 24.0 Å². The van der Waals surface area contributed by atoms with Crippen LogP contribution in [0.25, 0.3) is 0 Å². The third kappa shape index (κ3) is 4.07. The maximum Gasteiger partial charge on any atom is 0.243 e. The molecule has 2 aliphatic carbocycles. The van der Waals surface area contributed by atoms with Crippen LogP contribution in [-0.2, 0) is 14.3 Å². The van der Waals surface area contributed by atoms with Gasteiger partial charge in [-0.2, -0.15) is 0 Å². The normalized spacial score (nSPS) is 33.5. The van der Waals surface area contributed by atoms with E-state index in [0.29, 0.717) is 29.4 Å². The SMILES string of the molecule is CN(C)C(=O)CN=C(NCC1CCOC1)NC1C2CCOC2C12CCC2.I. The number of ether oxygens (including phenoxy) is 2. The smallest absolute Gasteiger partial charge is 0.243 e. The summed E-state index contributed by atoms with van der Waals surface area (Å²) >= 11 is 0. The molecule has 0 aromatic carbocycles. The summed E-state index contributed by atoms with van der Waals surface area (Å²) in [6, 6.07) is 0.421. The zero-order chi connectivity index (χ0) is 18.1. The van der Waals surface area contributed by atoms with Gasteiger partial charge in [0.2, 0.25) is 5.91 Å². The molecule has 0 radical (unpaired) electrons. The highest BCUT2D eigenvalue weighted by Gasteiger charge is 2.66. The Kier molecular flexibility index (Phi) is 6.89. The lowest BCUT2D eigenvalue weighted by molar-refractivity contribution is -0.171. The van der Waals surface area contributed by atoms with Crippen molar-refractivity contribution in [2.45, 2.75) is 44.2 Å². The van der Waals surface area contributed by atoms with Crippen LogP contribution in [0.3, 0.4) is 0 Å². The molecule has 8 heteroatoms. The summed E-state index contributed by atoms with van der Waals surface area (Å²) in [5.74, 6) is 1.90. The molecule has 0 aromatic rings. The van der Waals surface area contributed by atoms with E-state index in [2.05, 4.69) is 15.6 Å². The molecular weight excluding hydrogens is 459 g/mol. The topological polar surface area (TPSA) is 75.2 Å². The average Bonchev–Trinajstić information content (AvgIpc) is 3.23. The summed E-state index contributed by atoms with van der Waals surface area (Å²) < 4.78 is 11.5. The number of halogens is 1. The highest BCUT2D eigenvalue weighted by molar-refractivity contribution is 14.0. The minimum Gasteiger partial charge on any atom is -0.381 e. The van der Waals surface area contributed by atoms with E-state index in [9.17, 15) is 4.79 Å². The van der Waals surface area contributed by atoms with Gasteiger partial charge in [0.15, 0.2) is 5.96 Å². The molecule has 154 valence electrons. The number of nitrogens with zero attached hydrogens (tertiary/aromatic N) is 2. The second-order valence-corrected chi connectivity index (χ2v) is 8.52. The van der Waals surface area contributed by atoms with Crippen molar-refractivity contribution in [3.05, 3.63) is 0 Å². The van der Waals surface area contributed by atoms with Gasteiger partial charge >= 0.3 is 0 Å². The first-order valence-electron chi connectivity index (χ1n) is 10.0. The molecule has 7 nitrogen and oxygen atoms in total. The van der Waals surface area contributed by atoms with Crippen molar-refractivity contribution in [1.29, 1.82) is 0 Å². The monoisotopic (exact) mass is 492 g/mol. The van der Waals surface area contributed by atoms with Gasteiger partial charge in [-0.3, -0.25) is 4.79 Å². The van der Waals surface area contributed by atoms with Crippen LogP contribution in [0, 0.1) is 17.3 Å². The molecule has 4 rings (SSSR count). The highest BCUT2D eigenvalue weighted by atomic mass is 127. The lowest BCUT2D eigenvalue weighted by atomic mass is 9.46. The second kappa shape index (κ2) is 8.82. The number of aliphatic imine (C=N–C) groups is 1. The fourth-order valence-corrected chi connectivity index (χ4v) is 5.03. The number of hydrogen-bond acceptors (Lipinski definition) is 4. The largest absolute Gasteiger partial charge is 0.381 e. The molecule has 2 saturated heterocycles. The Hall–Kier alpha value is -0.610. The molecule has 2 N–H and O–H groups in total. The number of carbonyl (C=O) groups excluding carboxylic acids is 1. The Balaban J connectivity index is 0.00000210. The molecule has 4 aliphatic rings. The van der Waals surface area contributed by atoms with E-state index < -0.39 is 0 Å². The van der Waals surface area contributed by atoms with E-state index in [1.165, 1.54) is 19.3 Å². The van der Waals surface area contributed by atoms with Gasteiger partial charge in [0.1, 0.15) is 6.54 Å². The minimum atomic E-state index is 0. The maximum atomic E-state index is 12.0. The second-order valence-electron chi connectivity index (χ2n) is 8.52. The van der Waals surface area contributed by atoms with E-state index in [0.717, 1.165) is 45.2 Å². The zero-order valence-electron chi connectivity index (χ0n) is 16.4. The highest BCUT2D eigenvalue weighted by Crippen LogP contribution is 2.62. The number of guanidine groups is 1. The van der Waals surface area contributed by atoms with Crippen molar-refractivity contribution in [1.82, 2.24) is 15.5 Å². The Morgan fingerprint density at radius 1 is 1.26 bits per heavy atom. The van der Waals surface area contributed by atoms with E-state index in [-0.39, 0.29) is 36.4 Å². The Morgan fingerprint density at radius 2 is 2.07 bits per heavy atom. The van der Waals surface area contributed by atoms with Gasteiger partial charge < -0.3 is 25.0 Å².